The minimum atomic E-state index is -0.289. The number of rotatable bonds is 9. The lowest BCUT2D eigenvalue weighted by Gasteiger charge is -2.38. The van der Waals surface area contributed by atoms with E-state index in [2.05, 4.69) is 4.90 Å². The number of carbonyl (C=O) groups excluding carboxylic acids is 1. The van der Waals surface area contributed by atoms with Crippen molar-refractivity contribution in [1.29, 1.82) is 0 Å². The van der Waals surface area contributed by atoms with Gasteiger partial charge in [-0.1, -0.05) is 24.3 Å². The molecule has 0 saturated carbocycles. The fraction of sp³-hybridized carbons (Fsp3) is 0.250. The zero-order chi connectivity index (χ0) is 24.4. The molecule has 0 bridgehead atoms. The minimum absolute atomic E-state index is 0.105. The van der Waals surface area contributed by atoms with Gasteiger partial charge in [-0.05, 0) is 61.4 Å². The Kier molecular flexibility index (Phi) is 6.70. The van der Waals surface area contributed by atoms with Crippen LogP contribution in [-0.4, -0.2) is 48.2 Å². The summed E-state index contributed by atoms with van der Waals surface area (Å²) in [6.45, 7) is 3.99. The molecule has 1 aliphatic rings. The average Bonchev–Trinajstić information content (AvgIpc) is 3.18. The predicted molar refractivity (Wildman–Crippen MR) is 136 cm³/mol. The number of ketones is 1. The summed E-state index contributed by atoms with van der Waals surface area (Å²) < 4.78 is 25.3. The Labute approximate surface area is 207 Å². The molecule has 4 aromatic rings. The van der Waals surface area contributed by atoms with Crippen molar-refractivity contribution in [1.82, 2.24) is 4.90 Å². The Bertz CT molecular complexity index is 1350. The van der Waals surface area contributed by atoms with Gasteiger partial charge in [-0.15, -0.1) is 11.3 Å². The van der Waals surface area contributed by atoms with Crippen LogP contribution in [0.2, 0.25) is 0 Å². The van der Waals surface area contributed by atoms with Crippen LogP contribution >= 0.6 is 11.3 Å². The number of aryl methyl sites for hydroxylation is 1. The fourth-order valence-corrected chi connectivity index (χ4v) is 5.34. The Hall–Kier alpha value is -3.42. The zero-order valence-electron chi connectivity index (χ0n) is 19.4. The van der Waals surface area contributed by atoms with Gasteiger partial charge in [-0.25, -0.2) is 0 Å². The number of hydrogen-bond acceptors (Lipinski definition) is 6. The lowest BCUT2D eigenvalue weighted by molar-refractivity contribution is 0.0184. The fourth-order valence-electron chi connectivity index (χ4n) is 4.22. The topological polar surface area (TPSA) is 59.0 Å². The molecular formula is C28H26FNO4S. The summed E-state index contributed by atoms with van der Waals surface area (Å²) in [6.07, 6.45) is 0.664. The van der Waals surface area contributed by atoms with Gasteiger partial charge < -0.3 is 14.6 Å². The van der Waals surface area contributed by atoms with E-state index in [0.29, 0.717) is 28.4 Å². The van der Waals surface area contributed by atoms with Crippen molar-refractivity contribution >= 4 is 27.2 Å². The summed E-state index contributed by atoms with van der Waals surface area (Å²) in [4.78, 5) is 16.1. The van der Waals surface area contributed by atoms with E-state index in [4.69, 9.17) is 9.47 Å². The summed E-state index contributed by atoms with van der Waals surface area (Å²) in [5, 5.41) is 10.7. The van der Waals surface area contributed by atoms with Crippen LogP contribution in [0.5, 0.6) is 23.0 Å². The molecule has 1 aliphatic heterocycles. The normalized spacial score (nSPS) is 14.1. The van der Waals surface area contributed by atoms with Gasteiger partial charge in [0.15, 0.2) is 5.75 Å². The highest BCUT2D eigenvalue weighted by Crippen LogP contribution is 2.43. The van der Waals surface area contributed by atoms with Gasteiger partial charge in [0.25, 0.3) is 0 Å². The summed E-state index contributed by atoms with van der Waals surface area (Å²) in [5.41, 5.74) is 1.52. The molecule has 0 radical (unpaired) electrons. The molecule has 0 aliphatic carbocycles. The van der Waals surface area contributed by atoms with Crippen LogP contribution in [-0.2, 0) is 0 Å². The average molecular weight is 492 g/mol. The first-order valence-corrected chi connectivity index (χ1v) is 12.4. The lowest BCUT2D eigenvalue weighted by atomic mass is 10.0. The number of ether oxygens (including phenoxy) is 2. The molecule has 1 aromatic heterocycles. The summed E-state index contributed by atoms with van der Waals surface area (Å²) in [7, 11) is 0. The molecule has 0 spiro atoms. The van der Waals surface area contributed by atoms with Gasteiger partial charge in [0.1, 0.15) is 28.2 Å². The Balaban J connectivity index is 1.36. The zero-order valence-corrected chi connectivity index (χ0v) is 20.2. The number of aromatic hydroxyl groups is 1. The third-order valence-corrected chi connectivity index (χ3v) is 7.23. The first kappa shape index (κ1) is 23.3. The second-order valence-electron chi connectivity index (χ2n) is 8.70. The van der Waals surface area contributed by atoms with E-state index < -0.39 is 0 Å². The first-order valence-electron chi connectivity index (χ1n) is 11.6. The van der Waals surface area contributed by atoms with Crippen LogP contribution in [0.25, 0.3) is 10.1 Å². The first-order chi connectivity index (χ1) is 17.0. The monoisotopic (exact) mass is 491 g/mol. The molecule has 1 N–H and O–H groups in total. The molecule has 1 fully saturated rings. The van der Waals surface area contributed by atoms with E-state index in [1.54, 1.807) is 18.2 Å². The summed E-state index contributed by atoms with van der Waals surface area (Å²) >= 11 is 1.31. The Morgan fingerprint density at radius 3 is 2.57 bits per heavy atom. The van der Waals surface area contributed by atoms with E-state index in [9.17, 15) is 14.3 Å². The number of nitrogens with zero attached hydrogens (tertiary/aromatic N) is 1. The van der Waals surface area contributed by atoms with Crippen molar-refractivity contribution in [2.24, 2.45) is 0 Å². The van der Waals surface area contributed by atoms with Crippen molar-refractivity contribution in [3.63, 3.8) is 0 Å². The van der Waals surface area contributed by atoms with E-state index in [1.165, 1.54) is 11.3 Å². The second-order valence-corrected chi connectivity index (χ2v) is 9.75. The maximum atomic E-state index is 13.5. The Morgan fingerprint density at radius 1 is 1.09 bits per heavy atom. The number of carbonyl (C=O) groups is 1. The molecule has 0 unspecified atom stereocenters. The number of fused-ring (bicyclic) bond motifs is 1. The van der Waals surface area contributed by atoms with Crippen LogP contribution in [0.4, 0.5) is 4.39 Å². The molecule has 5 nitrogen and oxygen atoms in total. The molecule has 3 aromatic carbocycles. The van der Waals surface area contributed by atoms with Crippen molar-refractivity contribution in [2.75, 3.05) is 26.3 Å². The smallest absolute Gasteiger partial charge is 0.207 e. The molecule has 5 rings (SSSR count). The van der Waals surface area contributed by atoms with Crippen LogP contribution < -0.4 is 9.47 Å². The number of alkyl halides is 1. The quantitative estimate of drug-likeness (QED) is 0.276. The molecule has 180 valence electrons. The molecular weight excluding hydrogens is 465 g/mol. The number of halogens is 1. The molecule has 0 amide bonds. The molecule has 35 heavy (non-hydrogen) atoms. The van der Waals surface area contributed by atoms with E-state index >= 15 is 0 Å². The van der Waals surface area contributed by atoms with Gasteiger partial charge in [0.2, 0.25) is 5.78 Å². The predicted octanol–water partition coefficient (Wildman–Crippen LogP) is 6.36. The van der Waals surface area contributed by atoms with E-state index in [-0.39, 0.29) is 24.3 Å². The number of benzene rings is 3. The van der Waals surface area contributed by atoms with Gasteiger partial charge in [0, 0.05) is 35.3 Å². The van der Waals surface area contributed by atoms with Crippen LogP contribution in [0.15, 0.2) is 66.7 Å². The highest BCUT2D eigenvalue weighted by molar-refractivity contribution is 7.21. The largest absolute Gasteiger partial charge is 0.508 e. The van der Waals surface area contributed by atoms with E-state index in [0.717, 1.165) is 41.0 Å². The number of likely N-dealkylation sites (tertiary alicyclic amines) is 1. The maximum Gasteiger partial charge on any atom is 0.207 e. The summed E-state index contributed by atoms with van der Waals surface area (Å²) in [6, 6.07) is 19.8. The third kappa shape index (κ3) is 5.01. The highest BCUT2D eigenvalue weighted by atomic mass is 32.1. The molecule has 7 heteroatoms. The lowest BCUT2D eigenvalue weighted by Crippen LogP contribution is -2.53. The molecule has 1 saturated heterocycles. The number of hydrogen-bond donors (Lipinski definition) is 1. The van der Waals surface area contributed by atoms with Crippen LogP contribution in [0.3, 0.4) is 0 Å². The molecule has 2 heterocycles. The van der Waals surface area contributed by atoms with Crippen LogP contribution in [0, 0.1) is 6.92 Å². The van der Waals surface area contributed by atoms with Gasteiger partial charge in [-0.3, -0.25) is 14.1 Å². The van der Waals surface area contributed by atoms with Gasteiger partial charge in [-0.2, -0.15) is 0 Å². The number of thiophene rings is 1. The maximum absolute atomic E-state index is 13.5. The number of phenols is 1. The van der Waals surface area contributed by atoms with Crippen molar-refractivity contribution in [3.8, 4) is 23.0 Å². The minimum Gasteiger partial charge on any atom is -0.508 e. The van der Waals surface area contributed by atoms with E-state index in [1.807, 2.05) is 55.5 Å². The summed E-state index contributed by atoms with van der Waals surface area (Å²) in [5.74, 6) is 1.84. The van der Waals surface area contributed by atoms with Crippen LogP contribution in [0.1, 0.15) is 27.2 Å². The standard InChI is InChI=1S/C28H26FNO4S/c1-18-5-2-3-6-23(18)26(32)28-27(24-12-7-19(31)15-25(24)35-28)34-21-10-8-20(9-11-21)33-22-16-30(17-22)14-4-13-29/h2-3,5-12,15,22,31H,4,13-14,16-17H2,1H3. The van der Waals surface area contributed by atoms with Gasteiger partial charge >= 0.3 is 0 Å². The van der Waals surface area contributed by atoms with Crippen molar-refractivity contribution < 1.29 is 23.8 Å². The second kappa shape index (κ2) is 10.1. The number of phenolic OH excluding ortho intramolecular Hbond substituents is 1. The Morgan fingerprint density at radius 2 is 1.83 bits per heavy atom. The SMILES string of the molecule is Cc1ccccc1C(=O)c1sc2cc(O)ccc2c1Oc1ccc(OC2CN(CCCF)C2)cc1. The van der Waals surface area contributed by atoms with Gasteiger partial charge in [0.05, 0.1) is 6.67 Å². The van der Waals surface area contributed by atoms with Crippen molar-refractivity contribution in [3.05, 3.63) is 82.7 Å². The molecule has 0 atom stereocenters. The third-order valence-electron chi connectivity index (χ3n) is 6.10. The highest BCUT2D eigenvalue weighted by Gasteiger charge is 2.28. The van der Waals surface area contributed by atoms with Crippen molar-refractivity contribution in [2.45, 2.75) is 19.4 Å².